The molecule has 0 N–H and O–H groups in total. The smallest absolute Gasteiger partial charge is 0.435 e. The molecule has 2 fully saturated rings. The minimum atomic E-state index is -1.10. The molecule has 2 aliphatic heterocycles. The lowest BCUT2D eigenvalue weighted by Crippen LogP contribution is -2.36. The Morgan fingerprint density at radius 2 is 1.47 bits per heavy atom. The monoisotopic (exact) mass is 628 g/mol. The number of carbonyl (C=O) groups is 2. The highest BCUT2D eigenvalue weighted by atomic mass is 19.1. The number of rotatable bonds is 7. The normalized spacial score (nSPS) is 15.6. The molecule has 3 amide bonds. The van der Waals surface area contributed by atoms with Gasteiger partial charge < -0.3 is 24.0 Å². The van der Waals surface area contributed by atoms with Crippen LogP contribution in [0.4, 0.5) is 38.7 Å². The first-order valence-corrected chi connectivity index (χ1v) is 13.9. The van der Waals surface area contributed by atoms with Gasteiger partial charge in [-0.3, -0.25) is 0 Å². The van der Waals surface area contributed by atoms with E-state index in [2.05, 4.69) is 15.0 Å². The van der Waals surface area contributed by atoms with Crippen LogP contribution in [0.2, 0.25) is 0 Å². The number of hydrogen-bond donors (Lipinski definition) is 0. The van der Waals surface area contributed by atoms with E-state index in [0.717, 1.165) is 30.3 Å². The molecule has 2 aliphatic rings. The number of hydrogen-bond acceptors (Lipinski definition) is 6. The van der Waals surface area contributed by atoms with Crippen LogP contribution in [-0.4, -0.2) is 92.2 Å². The lowest BCUT2D eigenvalue weighted by atomic mass is 10.1. The summed E-state index contributed by atoms with van der Waals surface area (Å²) in [6.45, 7) is 3.32. The minimum Gasteiger partial charge on any atom is -0.443 e. The Kier molecular flexibility index (Phi) is 10.3. The second-order valence-electron chi connectivity index (χ2n) is 9.83. The number of urea groups is 1. The molecule has 0 aliphatic carbocycles. The van der Waals surface area contributed by atoms with Gasteiger partial charge in [-0.05, 0) is 36.4 Å². The first-order chi connectivity index (χ1) is 21.8. The minimum absolute atomic E-state index is 0.136. The van der Waals surface area contributed by atoms with Gasteiger partial charge in [0.15, 0.2) is 0 Å². The van der Waals surface area contributed by atoms with Crippen molar-refractivity contribution in [1.82, 2.24) is 14.8 Å². The summed E-state index contributed by atoms with van der Waals surface area (Å²) in [6, 6.07) is 7.22. The molecule has 0 unspecified atom stereocenters. The molecular weight excluding hydrogens is 600 g/mol. The number of para-hydroxylation sites is 1. The number of nitrogens with zero attached hydrogens (tertiary/aromatic N) is 6. The van der Waals surface area contributed by atoms with Crippen molar-refractivity contribution in [2.45, 2.75) is 6.61 Å². The summed E-state index contributed by atoms with van der Waals surface area (Å²) in [5.41, 5.74) is -1.03. The van der Waals surface area contributed by atoms with Crippen molar-refractivity contribution < 1.29 is 41.4 Å². The fourth-order valence-corrected chi connectivity index (χ4v) is 4.52. The Hall–Kier alpha value is -4.89. The Bertz CT molecular complexity index is 1570. The van der Waals surface area contributed by atoms with Crippen LogP contribution in [0.5, 0.6) is 0 Å². The van der Waals surface area contributed by atoms with Crippen molar-refractivity contribution in [2.24, 2.45) is 9.98 Å². The van der Waals surface area contributed by atoms with Crippen LogP contribution in [0.1, 0.15) is 5.56 Å². The van der Waals surface area contributed by atoms with Gasteiger partial charge in [-0.1, -0.05) is 6.07 Å². The zero-order valence-corrected chi connectivity index (χ0v) is 23.9. The number of aromatic nitrogens is 1. The van der Waals surface area contributed by atoms with Gasteiger partial charge in [0.1, 0.15) is 41.4 Å². The van der Waals surface area contributed by atoms with E-state index in [0.29, 0.717) is 63.6 Å². The Morgan fingerprint density at radius 1 is 0.844 bits per heavy atom. The van der Waals surface area contributed by atoms with Crippen molar-refractivity contribution in [3.8, 4) is 11.3 Å². The van der Waals surface area contributed by atoms with E-state index in [1.54, 1.807) is 9.80 Å². The van der Waals surface area contributed by atoms with E-state index >= 15 is 13.2 Å². The number of halogens is 4. The fourth-order valence-electron chi connectivity index (χ4n) is 4.52. The molecule has 236 valence electrons. The molecule has 0 bridgehead atoms. The van der Waals surface area contributed by atoms with Gasteiger partial charge in [0.05, 0.1) is 44.8 Å². The topological polar surface area (TPSA) is 109 Å². The number of pyridine rings is 1. The Morgan fingerprint density at radius 3 is 2.09 bits per heavy atom. The third kappa shape index (κ3) is 7.99. The highest BCUT2D eigenvalue weighted by Crippen LogP contribution is 2.34. The second kappa shape index (κ2) is 14.7. The van der Waals surface area contributed by atoms with E-state index in [1.807, 2.05) is 0 Å². The number of morpholine rings is 2. The van der Waals surface area contributed by atoms with Crippen molar-refractivity contribution >= 4 is 36.3 Å². The van der Waals surface area contributed by atoms with E-state index in [4.69, 9.17) is 14.2 Å². The predicted octanol–water partition coefficient (Wildman–Crippen LogP) is 4.92. The molecule has 3 heterocycles. The number of benzene rings is 2. The average Bonchev–Trinajstić information content (AvgIpc) is 3.04. The molecule has 1 aromatic heterocycles. The van der Waals surface area contributed by atoms with Crippen LogP contribution in [0.15, 0.2) is 58.5 Å². The third-order valence-electron chi connectivity index (χ3n) is 6.83. The maximum Gasteiger partial charge on any atom is 0.435 e. The van der Waals surface area contributed by atoms with Crippen molar-refractivity contribution in [3.63, 3.8) is 0 Å². The van der Waals surface area contributed by atoms with Crippen LogP contribution in [0.3, 0.4) is 0 Å². The SMILES string of the molecule is O=C(/N=C/N1CCOCC1)OCc1ccc(N(C(=O)/N=C/N2CCOCC2)c2c(F)cccc2F)nc1-c1ccc(F)cc1F. The number of ether oxygens (including phenoxy) is 3. The first-order valence-electron chi connectivity index (χ1n) is 13.9. The lowest BCUT2D eigenvalue weighted by molar-refractivity contribution is 0.0698. The largest absolute Gasteiger partial charge is 0.443 e. The van der Waals surface area contributed by atoms with Crippen LogP contribution in [0, 0.1) is 23.3 Å². The highest BCUT2D eigenvalue weighted by Gasteiger charge is 2.27. The summed E-state index contributed by atoms with van der Waals surface area (Å²) in [4.78, 5) is 41.9. The van der Waals surface area contributed by atoms with E-state index < -0.39 is 47.7 Å². The van der Waals surface area contributed by atoms with Crippen molar-refractivity contribution in [3.05, 3.63) is 77.4 Å². The molecule has 45 heavy (non-hydrogen) atoms. The van der Waals surface area contributed by atoms with Gasteiger partial charge in [0, 0.05) is 43.4 Å². The van der Waals surface area contributed by atoms with E-state index in [9.17, 15) is 14.0 Å². The van der Waals surface area contributed by atoms with Crippen LogP contribution < -0.4 is 4.90 Å². The molecule has 11 nitrogen and oxygen atoms in total. The quantitative estimate of drug-likeness (QED) is 0.206. The molecule has 0 spiro atoms. The molecule has 0 saturated carbocycles. The van der Waals surface area contributed by atoms with Gasteiger partial charge in [0.2, 0.25) is 0 Å². The summed E-state index contributed by atoms with van der Waals surface area (Å²) in [6.07, 6.45) is 1.62. The van der Waals surface area contributed by atoms with Gasteiger partial charge >= 0.3 is 12.1 Å². The number of aliphatic imine (C=N–C) groups is 2. The summed E-state index contributed by atoms with van der Waals surface area (Å²) in [7, 11) is 0. The summed E-state index contributed by atoms with van der Waals surface area (Å²) in [5, 5.41) is 0. The van der Waals surface area contributed by atoms with E-state index in [1.165, 1.54) is 24.8 Å². The molecule has 15 heteroatoms. The Balaban J connectivity index is 1.50. The molecular formula is C30H28F4N6O5. The number of carbonyl (C=O) groups excluding carboxylic acids is 2. The molecule has 0 radical (unpaired) electrons. The summed E-state index contributed by atoms with van der Waals surface area (Å²) < 4.78 is 74.7. The number of amides is 3. The molecule has 2 aromatic carbocycles. The molecule has 3 aromatic rings. The third-order valence-corrected chi connectivity index (χ3v) is 6.83. The summed E-state index contributed by atoms with van der Waals surface area (Å²) >= 11 is 0. The van der Waals surface area contributed by atoms with Gasteiger partial charge in [-0.2, -0.15) is 9.98 Å². The van der Waals surface area contributed by atoms with E-state index in [-0.39, 0.29) is 22.6 Å². The fraction of sp³-hybridized carbons (Fsp3) is 0.300. The number of anilines is 2. The van der Waals surface area contributed by atoms with Crippen molar-refractivity contribution in [1.29, 1.82) is 0 Å². The summed E-state index contributed by atoms with van der Waals surface area (Å²) in [5.74, 6) is -4.38. The highest BCUT2D eigenvalue weighted by molar-refractivity contribution is 6.02. The van der Waals surface area contributed by atoms with Crippen LogP contribution in [-0.2, 0) is 20.8 Å². The van der Waals surface area contributed by atoms with Gasteiger partial charge in [-0.15, -0.1) is 0 Å². The molecule has 5 rings (SSSR count). The van der Waals surface area contributed by atoms with Crippen LogP contribution >= 0.6 is 0 Å². The van der Waals surface area contributed by atoms with Crippen molar-refractivity contribution in [2.75, 3.05) is 57.5 Å². The maximum absolute atomic E-state index is 15.0. The zero-order valence-electron chi connectivity index (χ0n) is 23.9. The molecule has 2 saturated heterocycles. The van der Waals surface area contributed by atoms with Gasteiger partial charge in [0.25, 0.3) is 0 Å². The first kappa shape index (κ1) is 31.5. The van der Waals surface area contributed by atoms with Crippen LogP contribution in [0.25, 0.3) is 11.3 Å². The Labute approximate surface area is 255 Å². The predicted molar refractivity (Wildman–Crippen MR) is 155 cm³/mol. The second-order valence-corrected chi connectivity index (χ2v) is 9.83. The van der Waals surface area contributed by atoms with Gasteiger partial charge in [-0.25, -0.2) is 37.0 Å². The molecule has 0 atom stereocenters. The maximum atomic E-state index is 15.0. The standard InChI is InChI=1S/C30H28F4N6O5/c31-21-5-6-22(25(34)16-21)27-20(17-45-30(42)36-19-39-10-14-44-15-11-39)4-7-26(37-27)40(28-23(32)2-1-3-24(28)33)29(41)35-18-38-8-12-43-13-9-38/h1-7,16,18-19H,8-15,17H2/b35-18+,36-19+. The lowest BCUT2D eigenvalue weighted by Gasteiger charge is -2.25. The zero-order chi connectivity index (χ0) is 31.8. The average molecular weight is 629 g/mol.